The number of nitrogens with one attached hydrogen (secondary N) is 1. The van der Waals surface area contributed by atoms with Crippen LogP contribution in [0, 0.1) is 5.82 Å². The number of carbonyl (C=O) groups excluding carboxylic acids is 2. The van der Waals surface area contributed by atoms with E-state index in [-0.39, 0.29) is 24.2 Å². The van der Waals surface area contributed by atoms with Crippen LogP contribution in [-0.2, 0) is 22.6 Å². The summed E-state index contributed by atoms with van der Waals surface area (Å²) in [7, 11) is 0. The number of halogens is 2. The summed E-state index contributed by atoms with van der Waals surface area (Å²) in [6.07, 6.45) is 0.398. The zero-order chi connectivity index (χ0) is 18.2. The van der Waals surface area contributed by atoms with Crippen molar-refractivity contribution in [2.24, 2.45) is 0 Å². The van der Waals surface area contributed by atoms with Crippen LogP contribution < -0.4 is 5.32 Å². The third kappa shape index (κ3) is 6.19. The summed E-state index contributed by atoms with van der Waals surface area (Å²) < 4.78 is 13.5. The van der Waals surface area contributed by atoms with Crippen LogP contribution in [0.1, 0.15) is 18.1 Å². The number of rotatable bonds is 7. The van der Waals surface area contributed by atoms with Gasteiger partial charge < -0.3 is 10.2 Å². The van der Waals surface area contributed by atoms with Crippen molar-refractivity contribution in [2.45, 2.75) is 19.9 Å². The van der Waals surface area contributed by atoms with Gasteiger partial charge in [0.1, 0.15) is 5.82 Å². The van der Waals surface area contributed by atoms with E-state index in [0.29, 0.717) is 30.1 Å². The SMILES string of the molecule is CC(=O)N(CC(=O)NCCc1ccccc1F)Cc1ccc(Cl)cc1. The first-order valence-corrected chi connectivity index (χ1v) is 8.33. The molecule has 0 saturated heterocycles. The highest BCUT2D eigenvalue weighted by Crippen LogP contribution is 2.11. The Morgan fingerprint density at radius 2 is 1.80 bits per heavy atom. The summed E-state index contributed by atoms with van der Waals surface area (Å²) in [5, 5.41) is 3.33. The fraction of sp³-hybridized carbons (Fsp3) is 0.263. The lowest BCUT2D eigenvalue weighted by atomic mass is 10.1. The minimum absolute atomic E-state index is 0.0464. The van der Waals surface area contributed by atoms with Crippen molar-refractivity contribution in [1.29, 1.82) is 0 Å². The summed E-state index contributed by atoms with van der Waals surface area (Å²) in [6.45, 7) is 2.01. The van der Waals surface area contributed by atoms with Gasteiger partial charge in [0.15, 0.2) is 0 Å². The van der Waals surface area contributed by atoms with Gasteiger partial charge in [-0.3, -0.25) is 9.59 Å². The maximum absolute atomic E-state index is 13.5. The fourth-order valence-corrected chi connectivity index (χ4v) is 2.48. The molecule has 0 fully saturated rings. The van der Waals surface area contributed by atoms with Crippen LogP contribution in [0.4, 0.5) is 4.39 Å². The summed E-state index contributed by atoms with van der Waals surface area (Å²) in [5.74, 6) is -0.760. The molecule has 6 heteroatoms. The maximum Gasteiger partial charge on any atom is 0.239 e. The Hall–Kier alpha value is -2.40. The molecule has 2 aromatic rings. The molecule has 2 rings (SSSR count). The van der Waals surface area contributed by atoms with Crippen LogP contribution in [0.3, 0.4) is 0 Å². The van der Waals surface area contributed by atoms with Crippen LogP contribution in [0.5, 0.6) is 0 Å². The third-order valence-electron chi connectivity index (χ3n) is 3.74. The lowest BCUT2D eigenvalue weighted by Gasteiger charge is -2.20. The normalized spacial score (nSPS) is 10.4. The molecule has 0 unspecified atom stereocenters. The van der Waals surface area contributed by atoms with Gasteiger partial charge in [0.05, 0.1) is 6.54 Å². The smallest absolute Gasteiger partial charge is 0.239 e. The van der Waals surface area contributed by atoms with Gasteiger partial charge in [-0.25, -0.2) is 4.39 Å². The second kappa shape index (κ2) is 9.18. The molecule has 0 radical (unpaired) electrons. The largest absolute Gasteiger partial charge is 0.354 e. The molecule has 0 aliphatic heterocycles. The van der Waals surface area contributed by atoms with Gasteiger partial charge in [0.2, 0.25) is 11.8 Å². The van der Waals surface area contributed by atoms with E-state index >= 15 is 0 Å². The van der Waals surface area contributed by atoms with E-state index in [1.807, 2.05) is 12.1 Å². The van der Waals surface area contributed by atoms with E-state index in [9.17, 15) is 14.0 Å². The molecule has 0 aliphatic rings. The third-order valence-corrected chi connectivity index (χ3v) is 3.99. The van der Waals surface area contributed by atoms with E-state index in [4.69, 9.17) is 11.6 Å². The van der Waals surface area contributed by atoms with Crippen molar-refractivity contribution in [1.82, 2.24) is 10.2 Å². The molecule has 0 atom stereocenters. The van der Waals surface area contributed by atoms with Gasteiger partial charge in [-0.15, -0.1) is 0 Å². The predicted molar refractivity (Wildman–Crippen MR) is 95.7 cm³/mol. The number of nitrogens with zero attached hydrogens (tertiary/aromatic N) is 1. The number of amides is 2. The second-order valence-corrected chi connectivity index (χ2v) is 6.13. The molecule has 0 aromatic heterocycles. The van der Waals surface area contributed by atoms with E-state index in [2.05, 4.69) is 5.32 Å². The van der Waals surface area contributed by atoms with E-state index in [0.717, 1.165) is 5.56 Å². The second-order valence-electron chi connectivity index (χ2n) is 5.69. The highest BCUT2D eigenvalue weighted by Gasteiger charge is 2.14. The van der Waals surface area contributed by atoms with Crippen molar-refractivity contribution in [2.75, 3.05) is 13.1 Å². The Kier molecular flexibility index (Phi) is 6.95. The minimum atomic E-state index is -0.287. The fourth-order valence-electron chi connectivity index (χ4n) is 2.36. The van der Waals surface area contributed by atoms with Crippen LogP contribution >= 0.6 is 11.6 Å². The zero-order valence-corrected chi connectivity index (χ0v) is 14.7. The Morgan fingerprint density at radius 3 is 2.44 bits per heavy atom. The molecule has 25 heavy (non-hydrogen) atoms. The standard InChI is InChI=1S/C19H20ClFN2O2/c1-14(24)23(12-15-6-8-17(20)9-7-15)13-19(25)22-11-10-16-4-2-3-5-18(16)21/h2-9H,10-13H2,1H3,(H,22,25). The Labute approximate surface area is 151 Å². The first-order chi connectivity index (χ1) is 12.0. The average Bonchev–Trinajstić information content (AvgIpc) is 2.58. The molecule has 0 spiro atoms. The topological polar surface area (TPSA) is 49.4 Å². The maximum atomic E-state index is 13.5. The number of carbonyl (C=O) groups is 2. The zero-order valence-electron chi connectivity index (χ0n) is 14.0. The molecule has 2 aromatic carbocycles. The summed E-state index contributed by atoms with van der Waals surface area (Å²) in [4.78, 5) is 25.3. The van der Waals surface area contributed by atoms with Crippen molar-refractivity contribution < 1.29 is 14.0 Å². The summed E-state index contributed by atoms with van der Waals surface area (Å²) in [6, 6.07) is 13.6. The Morgan fingerprint density at radius 1 is 1.12 bits per heavy atom. The van der Waals surface area contributed by atoms with Gasteiger partial charge in [0, 0.05) is 25.0 Å². The average molecular weight is 363 g/mol. The molecular weight excluding hydrogens is 343 g/mol. The molecule has 0 bridgehead atoms. The summed E-state index contributed by atoms with van der Waals surface area (Å²) in [5.41, 5.74) is 1.44. The molecule has 2 amide bonds. The highest BCUT2D eigenvalue weighted by atomic mass is 35.5. The van der Waals surface area contributed by atoms with Crippen molar-refractivity contribution in [3.05, 3.63) is 70.5 Å². The van der Waals surface area contributed by atoms with Crippen molar-refractivity contribution >= 4 is 23.4 Å². The van der Waals surface area contributed by atoms with E-state index in [1.165, 1.54) is 17.9 Å². The minimum Gasteiger partial charge on any atom is -0.354 e. The van der Waals surface area contributed by atoms with Crippen LogP contribution in [0.15, 0.2) is 48.5 Å². The van der Waals surface area contributed by atoms with Gasteiger partial charge in [-0.1, -0.05) is 41.9 Å². The molecule has 0 aliphatic carbocycles. The van der Waals surface area contributed by atoms with Crippen LogP contribution in [0.2, 0.25) is 5.02 Å². The van der Waals surface area contributed by atoms with Gasteiger partial charge in [0.25, 0.3) is 0 Å². The molecule has 132 valence electrons. The van der Waals surface area contributed by atoms with Crippen LogP contribution in [-0.4, -0.2) is 29.8 Å². The Bertz CT molecular complexity index is 734. The molecule has 0 heterocycles. The van der Waals surface area contributed by atoms with Crippen molar-refractivity contribution in [3.63, 3.8) is 0 Å². The van der Waals surface area contributed by atoms with Gasteiger partial charge in [-0.05, 0) is 35.7 Å². The lowest BCUT2D eigenvalue weighted by molar-refractivity contribution is -0.134. The quantitative estimate of drug-likeness (QED) is 0.822. The first kappa shape index (κ1) is 18.9. The highest BCUT2D eigenvalue weighted by molar-refractivity contribution is 6.30. The number of hydrogen-bond donors (Lipinski definition) is 1. The number of benzene rings is 2. The monoisotopic (exact) mass is 362 g/mol. The summed E-state index contributed by atoms with van der Waals surface area (Å²) >= 11 is 5.84. The van der Waals surface area contributed by atoms with Crippen LogP contribution in [0.25, 0.3) is 0 Å². The van der Waals surface area contributed by atoms with Crippen molar-refractivity contribution in [3.8, 4) is 0 Å². The lowest BCUT2D eigenvalue weighted by Crippen LogP contribution is -2.40. The predicted octanol–water partition coefficient (Wildman–Crippen LogP) is 3.19. The van der Waals surface area contributed by atoms with E-state index < -0.39 is 0 Å². The Balaban J connectivity index is 1.84. The van der Waals surface area contributed by atoms with E-state index in [1.54, 1.807) is 30.3 Å². The molecule has 1 N–H and O–H groups in total. The molecule has 0 saturated carbocycles. The first-order valence-electron chi connectivity index (χ1n) is 7.96. The number of hydrogen-bond acceptors (Lipinski definition) is 2. The van der Waals surface area contributed by atoms with Gasteiger partial charge >= 0.3 is 0 Å². The molecular formula is C19H20ClFN2O2. The molecule has 4 nitrogen and oxygen atoms in total. The van der Waals surface area contributed by atoms with Gasteiger partial charge in [-0.2, -0.15) is 0 Å².